The van der Waals surface area contributed by atoms with Gasteiger partial charge in [0.25, 0.3) is 0 Å². The Labute approximate surface area is 85.0 Å². The molecule has 1 heterocycles. The molecule has 1 unspecified atom stereocenters. The number of carbonyl (C=O) groups is 1. The molecule has 1 aliphatic rings. The molecule has 1 fully saturated rings. The van der Waals surface area contributed by atoms with E-state index in [2.05, 4.69) is 5.32 Å². The highest BCUT2D eigenvalue weighted by Gasteiger charge is 2.31. The van der Waals surface area contributed by atoms with Gasteiger partial charge in [-0.25, -0.2) is 13.6 Å². The lowest BCUT2D eigenvalue weighted by molar-refractivity contribution is 0.141. The summed E-state index contributed by atoms with van der Waals surface area (Å²) in [6.45, 7) is 1.68. The highest BCUT2D eigenvalue weighted by Crippen LogP contribution is 2.25. The summed E-state index contributed by atoms with van der Waals surface area (Å²) in [4.78, 5) is 10.9. The van der Waals surface area contributed by atoms with Gasteiger partial charge in [0.2, 0.25) is 0 Å². The molecule has 0 spiro atoms. The summed E-state index contributed by atoms with van der Waals surface area (Å²) in [5, 5.41) is 2.52. The summed E-state index contributed by atoms with van der Waals surface area (Å²) in [6.07, 6.45) is -0.931. The van der Waals surface area contributed by atoms with Crippen LogP contribution in [-0.4, -0.2) is 12.2 Å². The van der Waals surface area contributed by atoms with Crippen molar-refractivity contribution in [2.45, 2.75) is 19.1 Å². The van der Waals surface area contributed by atoms with Gasteiger partial charge in [0.1, 0.15) is 6.10 Å². The molecule has 5 heteroatoms. The molecule has 0 radical (unpaired) electrons. The van der Waals surface area contributed by atoms with Gasteiger partial charge in [-0.15, -0.1) is 0 Å². The van der Waals surface area contributed by atoms with Crippen molar-refractivity contribution >= 4 is 6.09 Å². The van der Waals surface area contributed by atoms with Gasteiger partial charge in [-0.2, -0.15) is 0 Å². The van der Waals surface area contributed by atoms with E-state index in [1.54, 1.807) is 6.92 Å². The van der Waals surface area contributed by atoms with Crippen LogP contribution in [0.5, 0.6) is 0 Å². The van der Waals surface area contributed by atoms with E-state index in [1.807, 2.05) is 0 Å². The van der Waals surface area contributed by atoms with Gasteiger partial charge >= 0.3 is 6.09 Å². The fraction of sp³-hybridized carbons (Fsp3) is 0.300. The third-order valence-corrected chi connectivity index (χ3v) is 2.34. The first-order valence-electron chi connectivity index (χ1n) is 4.50. The molecule has 0 aromatic heterocycles. The van der Waals surface area contributed by atoms with Crippen LogP contribution in [0.1, 0.15) is 18.5 Å². The molecule has 1 N–H and O–H groups in total. The van der Waals surface area contributed by atoms with Crippen molar-refractivity contribution in [2.75, 3.05) is 0 Å². The van der Waals surface area contributed by atoms with Crippen LogP contribution in [0.4, 0.5) is 13.6 Å². The molecule has 1 amide bonds. The van der Waals surface area contributed by atoms with Crippen molar-refractivity contribution in [3.05, 3.63) is 35.4 Å². The van der Waals surface area contributed by atoms with E-state index in [9.17, 15) is 13.6 Å². The average Bonchev–Trinajstić information content (AvgIpc) is 2.50. The Hall–Kier alpha value is -1.65. The fourth-order valence-electron chi connectivity index (χ4n) is 1.58. The maximum absolute atomic E-state index is 12.9. The Morgan fingerprint density at radius 1 is 1.33 bits per heavy atom. The van der Waals surface area contributed by atoms with Crippen molar-refractivity contribution in [3.8, 4) is 0 Å². The van der Waals surface area contributed by atoms with Gasteiger partial charge < -0.3 is 10.1 Å². The molecule has 1 aliphatic heterocycles. The smallest absolute Gasteiger partial charge is 0.408 e. The van der Waals surface area contributed by atoms with Gasteiger partial charge in [0, 0.05) is 0 Å². The average molecular weight is 213 g/mol. The molecule has 3 nitrogen and oxygen atoms in total. The van der Waals surface area contributed by atoms with Crippen molar-refractivity contribution in [1.82, 2.24) is 5.32 Å². The van der Waals surface area contributed by atoms with E-state index < -0.39 is 23.8 Å². The summed E-state index contributed by atoms with van der Waals surface area (Å²) in [5.74, 6) is -1.84. The number of hydrogen-bond acceptors (Lipinski definition) is 2. The zero-order valence-corrected chi connectivity index (χ0v) is 7.96. The zero-order valence-electron chi connectivity index (χ0n) is 7.96. The highest BCUT2D eigenvalue weighted by molar-refractivity contribution is 5.70. The number of hydrogen-bond donors (Lipinski definition) is 1. The minimum atomic E-state index is -0.930. The number of ether oxygens (including phenoxy) is 1. The Morgan fingerprint density at radius 3 is 2.60 bits per heavy atom. The SMILES string of the molecule is C[C@H]1OC(=O)NC1c1ccc(F)c(F)c1. The number of benzene rings is 1. The van der Waals surface area contributed by atoms with Crippen molar-refractivity contribution in [2.24, 2.45) is 0 Å². The number of nitrogens with one attached hydrogen (secondary N) is 1. The zero-order chi connectivity index (χ0) is 11.0. The van der Waals surface area contributed by atoms with E-state index in [0.717, 1.165) is 12.1 Å². The Kier molecular flexibility index (Phi) is 2.30. The number of amides is 1. The summed E-state index contributed by atoms with van der Waals surface area (Å²) in [7, 11) is 0. The molecule has 15 heavy (non-hydrogen) atoms. The minimum absolute atomic E-state index is 0.387. The van der Waals surface area contributed by atoms with Crippen LogP contribution in [0.2, 0.25) is 0 Å². The number of alkyl carbamates (subject to hydrolysis) is 1. The highest BCUT2D eigenvalue weighted by atomic mass is 19.2. The monoisotopic (exact) mass is 213 g/mol. The molecule has 80 valence electrons. The Bertz CT molecular complexity index is 408. The third-order valence-electron chi connectivity index (χ3n) is 2.34. The summed E-state index contributed by atoms with van der Waals surface area (Å²) < 4.78 is 30.4. The molecular weight excluding hydrogens is 204 g/mol. The predicted octanol–water partition coefficient (Wildman–Crippen LogP) is 2.13. The van der Waals surface area contributed by atoms with E-state index in [1.165, 1.54) is 6.07 Å². The minimum Gasteiger partial charge on any atom is -0.444 e. The predicted molar refractivity (Wildman–Crippen MR) is 48.2 cm³/mol. The van der Waals surface area contributed by atoms with Gasteiger partial charge in [-0.3, -0.25) is 0 Å². The quantitative estimate of drug-likeness (QED) is 0.776. The molecule has 2 atom stereocenters. The van der Waals surface area contributed by atoms with Gasteiger partial charge in [0.15, 0.2) is 11.6 Å². The Morgan fingerprint density at radius 2 is 2.07 bits per heavy atom. The summed E-state index contributed by atoms with van der Waals surface area (Å²) >= 11 is 0. The Balaban J connectivity index is 2.30. The normalized spacial score (nSPS) is 24.9. The first-order valence-corrected chi connectivity index (χ1v) is 4.50. The first kappa shape index (κ1) is 9.89. The standard InChI is InChI=1S/C10H9F2NO2/c1-5-9(13-10(14)15-5)6-2-3-7(11)8(12)4-6/h2-5,9H,1H3,(H,13,14)/t5-,9?/m1/s1. The van der Waals surface area contributed by atoms with Crippen LogP contribution in [0.3, 0.4) is 0 Å². The molecule has 0 saturated carbocycles. The molecular formula is C10H9F2NO2. The molecule has 1 saturated heterocycles. The number of halogens is 2. The summed E-state index contributed by atoms with van der Waals surface area (Å²) in [5.41, 5.74) is 0.493. The topological polar surface area (TPSA) is 38.3 Å². The lowest BCUT2D eigenvalue weighted by Gasteiger charge is -2.12. The third kappa shape index (κ3) is 1.77. The van der Waals surface area contributed by atoms with E-state index in [4.69, 9.17) is 4.74 Å². The number of rotatable bonds is 1. The van der Waals surface area contributed by atoms with Crippen molar-refractivity contribution in [3.63, 3.8) is 0 Å². The van der Waals surface area contributed by atoms with Crippen molar-refractivity contribution in [1.29, 1.82) is 0 Å². The fourth-order valence-corrected chi connectivity index (χ4v) is 1.58. The van der Waals surface area contributed by atoms with Gasteiger partial charge in [-0.05, 0) is 24.6 Å². The molecule has 1 aromatic carbocycles. The second-order valence-corrected chi connectivity index (χ2v) is 3.41. The largest absolute Gasteiger partial charge is 0.444 e. The molecule has 2 rings (SSSR count). The van der Waals surface area contributed by atoms with Crippen LogP contribution in [0, 0.1) is 11.6 Å². The van der Waals surface area contributed by atoms with Crippen LogP contribution < -0.4 is 5.32 Å². The van der Waals surface area contributed by atoms with Crippen molar-refractivity contribution < 1.29 is 18.3 Å². The molecule has 1 aromatic rings. The second kappa shape index (κ2) is 3.49. The number of cyclic esters (lactones) is 1. The molecule has 0 aliphatic carbocycles. The number of carbonyl (C=O) groups excluding carboxylic acids is 1. The maximum atomic E-state index is 12.9. The lowest BCUT2D eigenvalue weighted by atomic mass is 10.0. The van der Waals surface area contributed by atoms with Gasteiger partial charge in [-0.1, -0.05) is 6.07 Å². The van der Waals surface area contributed by atoms with Crippen LogP contribution in [-0.2, 0) is 4.74 Å². The maximum Gasteiger partial charge on any atom is 0.408 e. The van der Waals surface area contributed by atoms with E-state index >= 15 is 0 Å². The molecule has 0 bridgehead atoms. The van der Waals surface area contributed by atoms with Gasteiger partial charge in [0.05, 0.1) is 6.04 Å². The van der Waals surface area contributed by atoms with Crippen LogP contribution in [0.15, 0.2) is 18.2 Å². The summed E-state index contributed by atoms with van der Waals surface area (Å²) in [6, 6.07) is 3.09. The van der Waals surface area contributed by atoms with E-state index in [-0.39, 0.29) is 6.10 Å². The van der Waals surface area contributed by atoms with Crippen LogP contribution >= 0.6 is 0 Å². The van der Waals surface area contributed by atoms with Crippen LogP contribution in [0.25, 0.3) is 0 Å². The van der Waals surface area contributed by atoms with E-state index in [0.29, 0.717) is 5.56 Å². The first-order chi connectivity index (χ1) is 7.08. The second-order valence-electron chi connectivity index (χ2n) is 3.41. The lowest BCUT2D eigenvalue weighted by Crippen LogP contribution is -2.21.